The van der Waals surface area contributed by atoms with Crippen LogP contribution in [0.15, 0.2) is 18.2 Å². The zero-order valence-corrected chi connectivity index (χ0v) is 15.3. The first-order valence-corrected chi connectivity index (χ1v) is 8.41. The number of carbonyl (C=O) groups excluding carboxylic acids is 2. The second-order valence-corrected chi connectivity index (χ2v) is 7.30. The van der Waals surface area contributed by atoms with Crippen LogP contribution in [0.2, 0.25) is 0 Å². The fourth-order valence-electron chi connectivity index (χ4n) is 2.83. The molecule has 1 aliphatic heterocycles. The Hall–Kier alpha value is -2.97. The third-order valence-electron chi connectivity index (χ3n) is 4.08. The molecule has 1 aromatic carbocycles. The summed E-state index contributed by atoms with van der Waals surface area (Å²) in [4.78, 5) is 26.3. The molecule has 0 aliphatic carbocycles. The van der Waals surface area contributed by atoms with Gasteiger partial charge in [-0.3, -0.25) is 4.79 Å². The Balaban J connectivity index is 1.86. The van der Waals surface area contributed by atoms with E-state index in [4.69, 9.17) is 10.5 Å². The van der Waals surface area contributed by atoms with E-state index in [2.05, 4.69) is 5.10 Å². The standard InChI is InChI=1S/C18H20F2N4O3/c1-18(2,3)27-17(26)23-7-6-12-14(9-23)22-24(15(12)21)16(25)11-5-4-10(19)8-13(11)20/h4-5,8H,6-7,9,21H2,1-3H3. The average molecular weight is 378 g/mol. The molecular weight excluding hydrogens is 358 g/mol. The Morgan fingerprint density at radius 1 is 1.26 bits per heavy atom. The number of halogens is 2. The fraction of sp³-hybridized carbons (Fsp3) is 0.389. The van der Waals surface area contributed by atoms with Crippen molar-refractivity contribution in [3.8, 4) is 0 Å². The maximum absolute atomic E-state index is 13.9. The number of nitrogens with two attached hydrogens (primary N) is 1. The summed E-state index contributed by atoms with van der Waals surface area (Å²) in [6.45, 7) is 5.78. The van der Waals surface area contributed by atoms with Crippen LogP contribution in [-0.4, -0.2) is 38.8 Å². The lowest BCUT2D eigenvalue weighted by Gasteiger charge is -2.29. The van der Waals surface area contributed by atoms with E-state index < -0.39 is 29.2 Å². The molecule has 2 N–H and O–H groups in total. The summed E-state index contributed by atoms with van der Waals surface area (Å²) in [6.07, 6.45) is -0.100. The number of fused-ring (bicyclic) bond motifs is 1. The molecule has 0 radical (unpaired) electrons. The lowest BCUT2D eigenvalue weighted by Crippen LogP contribution is -2.39. The summed E-state index contributed by atoms with van der Waals surface area (Å²) in [6, 6.07) is 2.65. The van der Waals surface area contributed by atoms with E-state index in [9.17, 15) is 18.4 Å². The van der Waals surface area contributed by atoms with Gasteiger partial charge in [-0.05, 0) is 39.3 Å². The number of anilines is 1. The van der Waals surface area contributed by atoms with Crippen molar-refractivity contribution in [1.82, 2.24) is 14.7 Å². The lowest BCUT2D eigenvalue weighted by atomic mass is 10.1. The van der Waals surface area contributed by atoms with E-state index in [0.29, 0.717) is 30.3 Å². The topological polar surface area (TPSA) is 90.5 Å². The third kappa shape index (κ3) is 3.76. The molecule has 0 atom stereocenters. The SMILES string of the molecule is CC(C)(C)OC(=O)N1CCc2c(nn(C(=O)c3ccc(F)cc3F)c2N)C1. The van der Waals surface area contributed by atoms with E-state index in [1.54, 1.807) is 20.8 Å². The van der Waals surface area contributed by atoms with Crippen molar-refractivity contribution in [1.29, 1.82) is 0 Å². The van der Waals surface area contributed by atoms with Crippen molar-refractivity contribution in [2.75, 3.05) is 12.3 Å². The quantitative estimate of drug-likeness (QED) is 0.824. The number of nitrogens with zero attached hydrogens (tertiary/aromatic N) is 3. The fourth-order valence-corrected chi connectivity index (χ4v) is 2.83. The Morgan fingerprint density at radius 2 is 1.96 bits per heavy atom. The van der Waals surface area contributed by atoms with Crippen LogP contribution in [0.25, 0.3) is 0 Å². The molecule has 0 spiro atoms. The van der Waals surface area contributed by atoms with Crippen molar-refractivity contribution in [2.24, 2.45) is 0 Å². The monoisotopic (exact) mass is 378 g/mol. The number of aromatic nitrogens is 2. The van der Waals surface area contributed by atoms with Gasteiger partial charge in [0, 0.05) is 18.2 Å². The molecule has 0 bridgehead atoms. The second-order valence-electron chi connectivity index (χ2n) is 7.30. The highest BCUT2D eigenvalue weighted by molar-refractivity contribution is 5.97. The molecule has 2 aromatic rings. The van der Waals surface area contributed by atoms with Crippen LogP contribution in [0, 0.1) is 11.6 Å². The predicted molar refractivity (Wildman–Crippen MR) is 93.1 cm³/mol. The maximum atomic E-state index is 13.9. The lowest BCUT2D eigenvalue weighted by molar-refractivity contribution is 0.0221. The number of ether oxygens (including phenoxy) is 1. The number of benzene rings is 1. The van der Waals surface area contributed by atoms with Crippen LogP contribution >= 0.6 is 0 Å². The molecule has 144 valence electrons. The van der Waals surface area contributed by atoms with E-state index >= 15 is 0 Å². The van der Waals surface area contributed by atoms with Gasteiger partial charge in [0.15, 0.2) is 0 Å². The maximum Gasteiger partial charge on any atom is 0.410 e. The van der Waals surface area contributed by atoms with Gasteiger partial charge in [-0.25, -0.2) is 13.6 Å². The van der Waals surface area contributed by atoms with Crippen LogP contribution < -0.4 is 5.73 Å². The predicted octanol–water partition coefficient (Wildman–Crippen LogP) is 2.73. The normalized spacial score (nSPS) is 14.0. The molecule has 0 saturated heterocycles. The average Bonchev–Trinajstić information content (AvgIpc) is 2.89. The minimum Gasteiger partial charge on any atom is -0.444 e. The van der Waals surface area contributed by atoms with Gasteiger partial charge in [0.05, 0.1) is 17.8 Å². The number of hydrogen-bond donors (Lipinski definition) is 1. The summed E-state index contributed by atoms with van der Waals surface area (Å²) in [7, 11) is 0. The third-order valence-corrected chi connectivity index (χ3v) is 4.08. The smallest absolute Gasteiger partial charge is 0.410 e. The summed E-state index contributed by atoms with van der Waals surface area (Å²) < 4.78 is 33.2. The van der Waals surface area contributed by atoms with Gasteiger partial charge in [0.25, 0.3) is 5.91 Å². The molecule has 27 heavy (non-hydrogen) atoms. The zero-order chi connectivity index (χ0) is 19.9. The number of hydrogen-bond acceptors (Lipinski definition) is 5. The Morgan fingerprint density at radius 3 is 2.59 bits per heavy atom. The molecule has 1 aromatic heterocycles. The van der Waals surface area contributed by atoms with Gasteiger partial charge < -0.3 is 15.4 Å². The molecule has 1 amide bonds. The van der Waals surface area contributed by atoms with Crippen molar-refractivity contribution in [3.63, 3.8) is 0 Å². The van der Waals surface area contributed by atoms with E-state index in [1.807, 2.05) is 0 Å². The summed E-state index contributed by atoms with van der Waals surface area (Å²) in [5, 5.41) is 4.15. The molecule has 3 rings (SSSR count). The second kappa shape index (κ2) is 6.64. The summed E-state index contributed by atoms with van der Waals surface area (Å²) in [5.74, 6) is -2.50. The highest BCUT2D eigenvalue weighted by Crippen LogP contribution is 2.26. The molecule has 7 nitrogen and oxygen atoms in total. The van der Waals surface area contributed by atoms with Crippen molar-refractivity contribution < 1.29 is 23.1 Å². The Bertz CT molecular complexity index is 918. The first kappa shape index (κ1) is 18.8. The number of amides is 1. The highest BCUT2D eigenvalue weighted by atomic mass is 19.1. The molecule has 9 heteroatoms. The molecule has 2 heterocycles. The van der Waals surface area contributed by atoms with Gasteiger partial charge in [-0.15, -0.1) is 0 Å². The summed E-state index contributed by atoms with van der Waals surface area (Å²) >= 11 is 0. The Labute approximate surface area is 154 Å². The van der Waals surface area contributed by atoms with E-state index in [-0.39, 0.29) is 17.9 Å². The van der Waals surface area contributed by atoms with E-state index in [0.717, 1.165) is 16.8 Å². The molecular formula is C18H20F2N4O3. The number of rotatable bonds is 1. The Kier molecular flexibility index (Phi) is 4.63. The van der Waals surface area contributed by atoms with Gasteiger partial charge in [-0.2, -0.15) is 9.78 Å². The molecule has 0 saturated carbocycles. The van der Waals surface area contributed by atoms with Gasteiger partial charge in [-0.1, -0.05) is 0 Å². The van der Waals surface area contributed by atoms with Crippen molar-refractivity contribution in [2.45, 2.75) is 39.3 Å². The first-order chi connectivity index (χ1) is 12.6. The highest BCUT2D eigenvalue weighted by Gasteiger charge is 2.31. The van der Waals surface area contributed by atoms with E-state index in [1.165, 1.54) is 4.90 Å². The summed E-state index contributed by atoms with van der Waals surface area (Å²) in [5.41, 5.74) is 6.12. The van der Waals surface area contributed by atoms with Crippen molar-refractivity contribution in [3.05, 3.63) is 46.7 Å². The van der Waals surface area contributed by atoms with Crippen LogP contribution in [0.3, 0.4) is 0 Å². The minimum atomic E-state index is -0.997. The van der Waals surface area contributed by atoms with Crippen LogP contribution in [0.4, 0.5) is 19.4 Å². The van der Waals surface area contributed by atoms with Crippen LogP contribution in [-0.2, 0) is 17.7 Å². The van der Waals surface area contributed by atoms with Crippen LogP contribution in [0.1, 0.15) is 42.4 Å². The largest absolute Gasteiger partial charge is 0.444 e. The zero-order valence-electron chi connectivity index (χ0n) is 15.3. The number of carbonyl (C=O) groups is 2. The molecule has 0 unspecified atom stereocenters. The van der Waals surface area contributed by atoms with Crippen molar-refractivity contribution >= 4 is 17.8 Å². The van der Waals surface area contributed by atoms with Gasteiger partial charge in [0.2, 0.25) is 0 Å². The first-order valence-electron chi connectivity index (χ1n) is 8.41. The molecule has 1 aliphatic rings. The van der Waals surface area contributed by atoms with Gasteiger partial charge in [0.1, 0.15) is 23.1 Å². The van der Waals surface area contributed by atoms with Gasteiger partial charge >= 0.3 is 6.09 Å². The van der Waals surface area contributed by atoms with Crippen LogP contribution in [0.5, 0.6) is 0 Å². The minimum absolute atomic E-state index is 0.0857. The number of nitrogen functional groups attached to an aromatic ring is 1. The molecule has 0 fully saturated rings.